The average Bonchev–Trinajstić information content (AvgIpc) is 3.10. The smallest absolute Gasteiger partial charge is 0.280 e. The molecule has 2 aromatic heterocycles. The van der Waals surface area contributed by atoms with Crippen molar-refractivity contribution in [1.29, 1.82) is 0 Å². The van der Waals surface area contributed by atoms with Crippen molar-refractivity contribution in [2.24, 2.45) is 7.05 Å². The van der Waals surface area contributed by atoms with Crippen molar-refractivity contribution in [1.82, 2.24) is 19.7 Å². The molecule has 10 nitrogen and oxygen atoms in total. The molecule has 1 aliphatic rings. The third-order valence-electron chi connectivity index (χ3n) is 4.79. The van der Waals surface area contributed by atoms with Gasteiger partial charge in [0.25, 0.3) is 10.0 Å². The molecule has 1 aromatic carbocycles. The van der Waals surface area contributed by atoms with Crippen molar-refractivity contribution in [2.75, 3.05) is 41.2 Å². The van der Waals surface area contributed by atoms with Crippen LogP contribution in [0.3, 0.4) is 0 Å². The lowest BCUT2D eigenvalue weighted by molar-refractivity contribution is 0.122. The Kier molecular flexibility index (Phi) is 5.55. The Morgan fingerprint density at radius 1 is 1.10 bits per heavy atom. The number of nitrogens with zero attached hydrogens (tertiary/aromatic N) is 5. The molecule has 2 N–H and O–H groups in total. The minimum absolute atomic E-state index is 0.0140. The van der Waals surface area contributed by atoms with E-state index in [4.69, 9.17) is 4.74 Å². The number of aryl methyl sites for hydroxylation is 2. The van der Waals surface area contributed by atoms with E-state index in [0.717, 1.165) is 24.5 Å². The van der Waals surface area contributed by atoms with Gasteiger partial charge in [0.2, 0.25) is 0 Å². The van der Waals surface area contributed by atoms with E-state index in [1.54, 1.807) is 49.0 Å². The van der Waals surface area contributed by atoms with Crippen LogP contribution in [0.1, 0.15) is 5.82 Å². The first-order valence-electron chi connectivity index (χ1n) is 9.46. The van der Waals surface area contributed by atoms with E-state index >= 15 is 0 Å². The van der Waals surface area contributed by atoms with Gasteiger partial charge in [-0.3, -0.25) is 4.72 Å². The van der Waals surface area contributed by atoms with Gasteiger partial charge in [0.1, 0.15) is 5.82 Å². The summed E-state index contributed by atoms with van der Waals surface area (Å²) in [5, 5.41) is 11.4. The van der Waals surface area contributed by atoms with Crippen LogP contribution in [-0.2, 0) is 21.8 Å². The van der Waals surface area contributed by atoms with Gasteiger partial charge in [0.05, 0.1) is 25.1 Å². The lowest BCUT2D eigenvalue weighted by atomic mass is 10.3. The molecule has 3 heterocycles. The zero-order valence-electron chi connectivity index (χ0n) is 16.7. The molecule has 11 heteroatoms. The highest BCUT2D eigenvalue weighted by Gasteiger charge is 2.18. The first kappa shape index (κ1) is 20.1. The number of hydrogen-bond donors (Lipinski definition) is 2. The predicted octanol–water partition coefficient (Wildman–Crippen LogP) is 1.90. The number of imidazole rings is 1. The topological polar surface area (TPSA) is 114 Å². The van der Waals surface area contributed by atoms with Gasteiger partial charge in [0.15, 0.2) is 10.8 Å². The van der Waals surface area contributed by atoms with Crippen LogP contribution in [0.15, 0.2) is 47.8 Å². The summed E-state index contributed by atoms with van der Waals surface area (Å²) in [6, 6.07) is 8.82. The molecule has 0 bridgehead atoms. The van der Waals surface area contributed by atoms with E-state index in [1.165, 1.54) is 6.20 Å². The Bertz CT molecular complexity index is 1100. The second-order valence-corrected chi connectivity index (χ2v) is 8.57. The number of ether oxygens (including phenoxy) is 1. The Morgan fingerprint density at radius 3 is 2.47 bits per heavy atom. The quantitative estimate of drug-likeness (QED) is 0.611. The van der Waals surface area contributed by atoms with E-state index in [0.29, 0.717) is 30.5 Å². The van der Waals surface area contributed by atoms with Gasteiger partial charge in [-0.1, -0.05) is 0 Å². The van der Waals surface area contributed by atoms with Gasteiger partial charge in [0, 0.05) is 43.8 Å². The zero-order chi connectivity index (χ0) is 21.1. The standard InChI is InChI=1S/C19H23N7O3S/c1-14-21-19(13-25(14)2)30(27,28)24-16-5-3-15(4-6-16)22-18-11-17(12-20-23-18)26-7-9-29-10-8-26/h3-6,11-13,24H,7-10H2,1-2H3,(H,22,23). The number of sulfonamides is 1. The van der Waals surface area contributed by atoms with Gasteiger partial charge in [-0.2, -0.15) is 13.5 Å². The molecule has 0 saturated carbocycles. The molecular formula is C19H23N7O3S. The van der Waals surface area contributed by atoms with E-state index in [9.17, 15) is 8.42 Å². The maximum atomic E-state index is 12.5. The fourth-order valence-electron chi connectivity index (χ4n) is 3.04. The third-order valence-corrected chi connectivity index (χ3v) is 6.04. The van der Waals surface area contributed by atoms with Crippen molar-refractivity contribution >= 4 is 32.9 Å². The molecule has 0 amide bonds. The number of anilines is 4. The number of rotatable bonds is 6. The molecule has 30 heavy (non-hydrogen) atoms. The maximum Gasteiger partial charge on any atom is 0.280 e. The van der Waals surface area contributed by atoms with Crippen LogP contribution in [0, 0.1) is 6.92 Å². The largest absolute Gasteiger partial charge is 0.378 e. The lowest BCUT2D eigenvalue weighted by Gasteiger charge is -2.28. The van der Waals surface area contributed by atoms with Crippen molar-refractivity contribution < 1.29 is 13.2 Å². The molecule has 1 saturated heterocycles. The summed E-state index contributed by atoms with van der Waals surface area (Å²) in [6.45, 7) is 4.77. The molecule has 158 valence electrons. The fraction of sp³-hybridized carbons (Fsp3) is 0.316. The van der Waals surface area contributed by atoms with Crippen LogP contribution in [0.25, 0.3) is 0 Å². The maximum absolute atomic E-state index is 12.5. The molecule has 0 radical (unpaired) electrons. The summed E-state index contributed by atoms with van der Waals surface area (Å²) >= 11 is 0. The summed E-state index contributed by atoms with van der Waals surface area (Å²) in [6.07, 6.45) is 3.21. The number of benzene rings is 1. The fourth-order valence-corrected chi connectivity index (χ4v) is 4.14. The van der Waals surface area contributed by atoms with Crippen LogP contribution in [0.4, 0.5) is 22.9 Å². The molecule has 4 rings (SSSR count). The highest BCUT2D eigenvalue weighted by molar-refractivity contribution is 7.92. The van der Waals surface area contributed by atoms with Crippen LogP contribution in [-0.4, -0.2) is 54.5 Å². The summed E-state index contributed by atoms with van der Waals surface area (Å²) in [5.74, 6) is 1.23. The van der Waals surface area contributed by atoms with Gasteiger partial charge >= 0.3 is 0 Å². The Labute approximate surface area is 175 Å². The number of nitrogens with one attached hydrogen (secondary N) is 2. The van der Waals surface area contributed by atoms with Gasteiger partial charge in [-0.05, 0) is 31.2 Å². The van der Waals surface area contributed by atoms with E-state index in [1.807, 2.05) is 6.07 Å². The van der Waals surface area contributed by atoms with Gasteiger partial charge in [-0.15, -0.1) is 5.10 Å². The molecular weight excluding hydrogens is 406 g/mol. The molecule has 3 aromatic rings. The average molecular weight is 430 g/mol. The summed E-state index contributed by atoms with van der Waals surface area (Å²) in [7, 11) is -2.00. The van der Waals surface area contributed by atoms with E-state index in [-0.39, 0.29) is 5.03 Å². The highest BCUT2D eigenvalue weighted by Crippen LogP contribution is 2.22. The number of aromatic nitrogens is 4. The van der Waals surface area contributed by atoms with Crippen LogP contribution >= 0.6 is 0 Å². The Morgan fingerprint density at radius 2 is 1.80 bits per heavy atom. The van der Waals surface area contributed by atoms with Crippen molar-refractivity contribution in [2.45, 2.75) is 11.9 Å². The SMILES string of the molecule is Cc1nc(S(=O)(=O)Nc2ccc(Nc3cc(N4CCOCC4)cnn3)cc2)cn1C. The number of hydrogen-bond acceptors (Lipinski definition) is 8. The van der Waals surface area contributed by atoms with Crippen LogP contribution < -0.4 is 14.9 Å². The van der Waals surface area contributed by atoms with Crippen LogP contribution in [0.5, 0.6) is 0 Å². The Balaban J connectivity index is 1.44. The Hall–Kier alpha value is -3.18. The van der Waals surface area contributed by atoms with Crippen molar-refractivity contribution in [3.8, 4) is 0 Å². The molecule has 0 spiro atoms. The minimum atomic E-state index is -3.75. The normalized spacial score (nSPS) is 14.5. The van der Waals surface area contributed by atoms with Crippen molar-refractivity contribution in [3.63, 3.8) is 0 Å². The molecule has 1 aliphatic heterocycles. The molecule has 0 aliphatic carbocycles. The first-order valence-corrected chi connectivity index (χ1v) is 10.9. The molecule has 1 fully saturated rings. The van der Waals surface area contributed by atoms with E-state index < -0.39 is 10.0 Å². The second kappa shape index (κ2) is 8.28. The van der Waals surface area contributed by atoms with Gasteiger partial charge < -0.3 is 19.5 Å². The summed E-state index contributed by atoms with van der Waals surface area (Å²) in [5.41, 5.74) is 2.18. The first-order chi connectivity index (χ1) is 14.4. The monoisotopic (exact) mass is 429 g/mol. The lowest BCUT2D eigenvalue weighted by Crippen LogP contribution is -2.36. The second-order valence-electron chi connectivity index (χ2n) is 6.94. The third kappa shape index (κ3) is 4.52. The van der Waals surface area contributed by atoms with E-state index in [2.05, 4.69) is 30.1 Å². The summed E-state index contributed by atoms with van der Waals surface area (Å²) in [4.78, 5) is 6.27. The zero-order valence-corrected chi connectivity index (χ0v) is 17.6. The number of morpholine rings is 1. The van der Waals surface area contributed by atoms with Crippen LogP contribution in [0.2, 0.25) is 0 Å². The predicted molar refractivity (Wildman–Crippen MR) is 114 cm³/mol. The minimum Gasteiger partial charge on any atom is -0.378 e. The van der Waals surface area contributed by atoms with Gasteiger partial charge in [-0.25, -0.2) is 4.98 Å². The highest BCUT2D eigenvalue weighted by atomic mass is 32.2. The summed E-state index contributed by atoms with van der Waals surface area (Å²) < 4.78 is 34.6. The molecule has 0 unspecified atom stereocenters. The molecule has 0 atom stereocenters. The van der Waals surface area contributed by atoms with Crippen molar-refractivity contribution in [3.05, 3.63) is 48.5 Å².